The Bertz CT molecular complexity index is 656. The molecule has 0 saturated carbocycles. The molecule has 1 N–H and O–H groups in total. The van der Waals surface area contributed by atoms with Gasteiger partial charge in [0.15, 0.2) is 11.5 Å². The predicted octanol–water partition coefficient (Wildman–Crippen LogP) is 2.25. The fourth-order valence-corrected chi connectivity index (χ4v) is 2.73. The number of nitrogens with zero attached hydrogens (tertiary/aromatic N) is 2. The summed E-state index contributed by atoms with van der Waals surface area (Å²) in [7, 11) is 5.66. The van der Waals surface area contributed by atoms with Gasteiger partial charge >= 0.3 is 0 Å². The predicted molar refractivity (Wildman–Crippen MR) is 91.4 cm³/mol. The summed E-state index contributed by atoms with van der Waals surface area (Å²) in [5.41, 5.74) is 2.36. The maximum atomic E-state index is 5.89. The number of ether oxygens (including phenoxy) is 2. The van der Waals surface area contributed by atoms with Gasteiger partial charge in [-0.15, -0.1) is 0 Å². The average Bonchev–Trinajstić information content (AvgIpc) is 2.59. The van der Waals surface area contributed by atoms with Crippen LogP contribution in [0.15, 0.2) is 36.5 Å². The first-order valence-corrected chi connectivity index (χ1v) is 7.81. The molecule has 122 valence electrons. The topological polar surface area (TPSA) is 46.6 Å². The minimum Gasteiger partial charge on any atom is -0.493 e. The number of fused-ring (bicyclic) bond motifs is 1. The summed E-state index contributed by atoms with van der Waals surface area (Å²) in [4.78, 5) is 6.44. The number of hydrogen-bond donors (Lipinski definition) is 1. The minimum absolute atomic E-state index is 0.295. The molecule has 1 aromatic carbocycles. The van der Waals surface area contributed by atoms with Gasteiger partial charge < -0.3 is 19.7 Å². The fourth-order valence-electron chi connectivity index (χ4n) is 2.73. The van der Waals surface area contributed by atoms with Gasteiger partial charge in [-0.05, 0) is 29.7 Å². The van der Waals surface area contributed by atoms with Gasteiger partial charge in [-0.2, -0.15) is 0 Å². The van der Waals surface area contributed by atoms with Gasteiger partial charge in [0.1, 0.15) is 12.4 Å². The molecule has 2 heterocycles. The van der Waals surface area contributed by atoms with Crippen molar-refractivity contribution in [3.8, 4) is 11.5 Å². The Kier molecular flexibility index (Phi) is 4.67. The van der Waals surface area contributed by atoms with Gasteiger partial charge in [-0.3, -0.25) is 0 Å². The summed E-state index contributed by atoms with van der Waals surface area (Å²) in [6.07, 6.45) is 2.86. The van der Waals surface area contributed by atoms with Crippen molar-refractivity contribution in [1.82, 2.24) is 10.3 Å². The molecule has 0 radical (unpaired) electrons. The second-order valence-electron chi connectivity index (χ2n) is 5.96. The standard InChI is InChI=1S/C18H23N3O2/c1-21(2)17-8-7-13(11-20-17)10-19-15-9-14-5-4-6-16(22-3)18(14)23-12-15/h4-8,11,15,19H,9-10,12H2,1-3H3. The molecule has 1 aliphatic heterocycles. The van der Waals surface area contributed by atoms with Crippen molar-refractivity contribution in [2.75, 3.05) is 32.7 Å². The zero-order valence-electron chi connectivity index (χ0n) is 13.9. The van der Waals surface area contributed by atoms with Gasteiger partial charge in [-0.25, -0.2) is 4.98 Å². The lowest BCUT2D eigenvalue weighted by atomic mass is 10.0. The summed E-state index contributed by atoms with van der Waals surface area (Å²) in [5, 5.41) is 3.55. The van der Waals surface area contributed by atoms with Crippen molar-refractivity contribution in [2.24, 2.45) is 0 Å². The largest absolute Gasteiger partial charge is 0.493 e. The maximum absolute atomic E-state index is 5.89. The van der Waals surface area contributed by atoms with Crippen molar-refractivity contribution in [3.63, 3.8) is 0 Å². The highest BCUT2D eigenvalue weighted by atomic mass is 16.5. The first-order chi connectivity index (χ1) is 11.2. The summed E-state index contributed by atoms with van der Waals surface area (Å²) < 4.78 is 11.2. The van der Waals surface area contributed by atoms with Gasteiger partial charge in [0, 0.05) is 32.9 Å². The molecule has 3 rings (SSSR count). The van der Waals surface area contributed by atoms with E-state index >= 15 is 0 Å². The summed E-state index contributed by atoms with van der Waals surface area (Å²) in [5.74, 6) is 2.66. The molecular formula is C18H23N3O2. The third-order valence-corrected chi connectivity index (χ3v) is 4.04. The van der Waals surface area contributed by atoms with Crippen LogP contribution in [-0.2, 0) is 13.0 Å². The van der Waals surface area contributed by atoms with Crippen molar-refractivity contribution < 1.29 is 9.47 Å². The van der Waals surface area contributed by atoms with Crippen molar-refractivity contribution in [2.45, 2.75) is 19.0 Å². The molecule has 0 fully saturated rings. The van der Waals surface area contributed by atoms with Crippen LogP contribution >= 0.6 is 0 Å². The number of hydrogen-bond acceptors (Lipinski definition) is 5. The summed E-state index contributed by atoms with van der Waals surface area (Å²) >= 11 is 0. The molecule has 1 atom stereocenters. The van der Waals surface area contributed by atoms with Crippen molar-refractivity contribution in [3.05, 3.63) is 47.7 Å². The van der Waals surface area contributed by atoms with Crippen LogP contribution in [-0.4, -0.2) is 38.8 Å². The highest BCUT2D eigenvalue weighted by Crippen LogP contribution is 2.34. The highest BCUT2D eigenvalue weighted by Gasteiger charge is 2.22. The molecule has 0 aliphatic carbocycles. The number of para-hydroxylation sites is 1. The molecular weight excluding hydrogens is 290 g/mol. The molecule has 5 heteroatoms. The lowest BCUT2D eigenvalue weighted by molar-refractivity contribution is 0.226. The van der Waals surface area contributed by atoms with Crippen LogP contribution < -0.4 is 19.7 Å². The van der Waals surface area contributed by atoms with Crippen LogP contribution in [0.2, 0.25) is 0 Å². The number of rotatable bonds is 5. The second kappa shape index (κ2) is 6.87. The third kappa shape index (κ3) is 3.56. The van der Waals surface area contributed by atoms with E-state index in [1.54, 1.807) is 7.11 Å². The van der Waals surface area contributed by atoms with E-state index in [-0.39, 0.29) is 0 Å². The van der Waals surface area contributed by atoms with Gasteiger partial charge in [-0.1, -0.05) is 18.2 Å². The van der Waals surface area contributed by atoms with Crippen LogP contribution in [0.4, 0.5) is 5.82 Å². The smallest absolute Gasteiger partial charge is 0.164 e. The third-order valence-electron chi connectivity index (χ3n) is 4.04. The first-order valence-electron chi connectivity index (χ1n) is 7.81. The van der Waals surface area contributed by atoms with Crippen molar-refractivity contribution >= 4 is 5.82 Å². The van der Waals surface area contributed by atoms with E-state index in [0.717, 1.165) is 30.3 Å². The number of aromatic nitrogens is 1. The number of benzene rings is 1. The van der Waals surface area contributed by atoms with E-state index in [9.17, 15) is 0 Å². The lowest BCUT2D eigenvalue weighted by Crippen LogP contribution is -2.39. The SMILES string of the molecule is COc1cccc2c1OCC(NCc1ccc(N(C)C)nc1)C2. The fraction of sp³-hybridized carbons (Fsp3) is 0.389. The van der Waals surface area contributed by atoms with E-state index in [2.05, 4.69) is 22.4 Å². The molecule has 0 saturated heterocycles. The minimum atomic E-state index is 0.295. The van der Waals surface area contributed by atoms with E-state index in [1.807, 2.05) is 43.4 Å². The molecule has 23 heavy (non-hydrogen) atoms. The average molecular weight is 313 g/mol. The molecule has 0 bridgehead atoms. The monoisotopic (exact) mass is 313 g/mol. The van der Waals surface area contributed by atoms with E-state index in [1.165, 1.54) is 11.1 Å². The molecule has 2 aromatic rings. The first kappa shape index (κ1) is 15.6. The quantitative estimate of drug-likeness (QED) is 0.917. The second-order valence-corrected chi connectivity index (χ2v) is 5.96. The molecule has 1 aromatic heterocycles. The lowest BCUT2D eigenvalue weighted by Gasteiger charge is -2.27. The van der Waals surface area contributed by atoms with E-state index < -0.39 is 0 Å². The summed E-state index contributed by atoms with van der Waals surface area (Å²) in [6, 6.07) is 10.5. The Labute approximate surface area is 137 Å². The van der Waals surface area contributed by atoms with Crippen LogP contribution in [0.25, 0.3) is 0 Å². The molecule has 1 aliphatic rings. The Balaban J connectivity index is 1.59. The number of pyridine rings is 1. The zero-order chi connectivity index (χ0) is 16.2. The normalized spacial score (nSPS) is 16.4. The Morgan fingerprint density at radius 2 is 2.17 bits per heavy atom. The van der Waals surface area contributed by atoms with Crippen LogP contribution in [0.3, 0.4) is 0 Å². The molecule has 1 unspecified atom stereocenters. The highest BCUT2D eigenvalue weighted by molar-refractivity contribution is 5.48. The molecule has 0 amide bonds. The number of anilines is 1. The number of methoxy groups -OCH3 is 1. The number of nitrogens with one attached hydrogen (secondary N) is 1. The van der Waals surface area contributed by atoms with Gasteiger partial charge in [0.25, 0.3) is 0 Å². The van der Waals surface area contributed by atoms with Crippen LogP contribution in [0, 0.1) is 0 Å². The maximum Gasteiger partial charge on any atom is 0.164 e. The van der Waals surface area contributed by atoms with E-state index in [0.29, 0.717) is 12.6 Å². The van der Waals surface area contributed by atoms with E-state index in [4.69, 9.17) is 9.47 Å². The van der Waals surface area contributed by atoms with Crippen molar-refractivity contribution in [1.29, 1.82) is 0 Å². The Morgan fingerprint density at radius 1 is 1.30 bits per heavy atom. The van der Waals surface area contributed by atoms with Crippen LogP contribution in [0.1, 0.15) is 11.1 Å². The van der Waals surface area contributed by atoms with Gasteiger partial charge in [0.2, 0.25) is 0 Å². The van der Waals surface area contributed by atoms with Gasteiger partial charge in [0.05, 0.1) is 7.11 Å². The Morgan fingerprint density at radius 3 is 2.87 bits per heavy atom. The summed E-state index contributed by atoms with van der Waals surface area (Å²) in [6.45, 7) is 1.44. The zero-order valence-corrected chi connectivity index (χ0v) is 13.9. The molecule has 5 nitrogen and oxygen atoms in total. The Hall–Kier alpha value is -2.27. The molecule has 0 spiro atoms. The van der Waals surface area contributed by atoms with Crippen LogP contribution in [0.5, 0.6) is 11.5 Å².